The molecule has 0 saturated carbocycles. The molecule has 4 rings (SSSR count). The Balaban J connectivity index is 1.96. The fourth-order valence-electron chi connectivity index (χ4n) is 2.84. The molecule has 0 bridgehead atoms. The molecular formula is C21H16N4. The molecule has 25 heavy (non-hydrogen) atoms. The van der Waals surface area contributed by atoms with E-state index in [1.165, 1.54) is 0 Å². The van der Waals surface area contributed by atoms with Crippen molar-refractivity contribution in [2.75, 3.05) is 5.73 Å². The zero-order valence-electron chi connectivity index (χ0n) is 13.5. The fraction of sp³-hybridized carbons (Fsp3) is 0. The number of nitrogens with zero attached hydrogens (tertiary/aromatic N) is 3. The van der Waals surface area contributed by atoms with Crippen LogP contribution in [0.2, 0.25) is 0 Å². The average Bonchev–Trinajstić information content (AvgIpc) is 2.68. The van der Waals surface area contributed by atoms with Crippen molar-refractivity contribution in [1.29, 1.82) is 0 Å². The molecule has 0 aliphatic rings. The van der Waals surface area contributed by atoms with E-state index >= 15 is 0 Å². The second kappa shape index (κ2) is 6.53. The number of benzene rings is 2. The summed E-state index contributed by atoms with van der Waals surface area (Å²) in [6.07, 6.45) is 7.13. The van der Waals surface area contributed by atoms with Gasteiger partial charge in [0.1, 0.15) is 0 Å². The van der Waals surface area contributed by atoms with Crippen LogP contribution in [0.1, 0.15) is 11.1 Å². The molecule has 0 saturated heterocycles. The summed E-state index contributed by atoms with van der Waals surface area (Å²) in [5.41, 5.74) is 10.4. The van der Waals surface area contributed by atoms with Gasteiger partial charge in [0.05, 0.1) is 11.4 Å². The van der Waals surface area contributed by atoms with Crippen LogP contribution in [0.4, 0.5) is 11.4 Å². The third-order valence-electron chi connectivity index (χ3n) is 4.03. The van der Waals surface area contributed by atoms with Crippen LogP contribution in [0.5, 0.6) is 0 Å². The molecule has 0 aliphatic carbocycles. The van der Waals surface area contributed by atoms with Gasteiger partial charge in [-0.25, -0.2) is 4.99 Å². The van der Waals surface area contributed by atoms with Gasteiger partial charge in [0.15, 0.2) is 0 Å². The first-order chi connectivity index (χ1) is 12.3. The number of nitrogens with two attached hydrogens (primary N) is 1. The minimum absolute atomic E-state index is 0.749. The molecule has 4 aromatic rings. The molecule has 2 aromatic heterocycles. The smallest absolute Gasteiger partial charge is 0.0812 e. The zero-order valence-corrected chi connectivity index (χ0v) is 13.5. The number of rotatable bonds is 3. The highest BCUT2D eigenvalue weighted by atomic mass is 14.8. The summed E-state index contributed by atoms with van der Waals surface area (Å²) in [5.74, 6) is 0. The fourth-order valence-corrected chi connectivity index (χ4v) is 2.84. The summed E-state index contributed by atoms with van der Waals surface area (Å²) >= 11 is 0. The molecule has 4 nitrogen and oxygen atoms in total. The quantitative estimate of drug-likeness (QED) is 0.449. The number of aromatic nitrogens is 2. The molecule has 2 aromatic carbocycles. The summed E-state index contributed by atoms with van der Waals surface area (Å²) in [4.78, 5) is 13.4. The Morgan fingerprint density at radius 2 is 1.36 bits per heavy atom. The number of pyridine rings is 2. The summed E-state index contributed by atoms with van der Waals surface area (Å²) in [6.45, 7) is 0. The Kier molecular flexibility index (Phi) is 3.92. The van der Waals surface area contributed by atoms with E-state index in [9.17, 15) is 0 Å². The monoisotopic (exact) mass is 324 g/mol. The second-order valence-electron chi connectivity index (χ2n) is 5.66. The summed E-state index contributed by atoms with van der Waals surface area (Å²) in [5, 5.41) is 2.02. The minimum atomic E-state index is 0.749. The molecule has 2 heterocycles. The molecule has 120 valence electrons. The largest absolute Gasteiger partial charge is 0.398 e. The summed E-state index contributed by atoms with van der Waals surface area (Å²) in [6, 6.07) is 19.7. The predicted octanol–water partition coefficient (Wildman–Crippen LogP) is 4.38. The Morgan fingerprint density at radius 1 is 0.720 bits per heavy atom. The standard InChI is InChI=1S/C21H16N4/c22-19-9-1-8-18-17(19)7-2-10-20(18)25-21(15-5-3-11-23-13-15)16-6-4-12-24-14-16/h1-14H,22H2. The van der Waals surface area contributed by atoms with Gasteiger partial charge < -0.3 is 5.73 Å². The number of hydrogen-bond acceptors (Lipinski definition) is 4. The lowest BCUT2D eigenvalue weighted by Gasteiger charge is -2.09. The van der Waals surface area contributed by atoms with Crippen molar-refractivity contribution in [2.45, 2.75) is 0 Å². The molecule has 0 amide bonds. The molecule has 0 unspecified atom stereocenters. The number of anilines is 1. The van der Waals surface area contributed by atoms with Crippen molar-refractivity contribution >= 4 is 27.9 Å². The molecule has 2 N–H and O–H groups in total. The first kappa shape index (κ1) is 15.0. The lowest BCUT2D eigenvalue weighted by Crippen LogP contribution is -2.04. The van der Waals surface area contributed by atoms with Gasteiger partial charge in [-0.3, -0.25) is 9.97 Å². The zero-order chi connectivity index (χ0) is 17.1. The maximum absolute atomic E-state index is 6.11. The van der Waals surface area contributed by atoms with Gasteiger partial charge >= 0.3 is 0 Å². The molecule has 4 heteroatoms. The van der Waals surface area contributed by atoms with E-state index in [1.54, 1.807) is 12.4 Å². The van der Waals surface area contributed by atoms with Crippen LogP contribution >= 0.6 is 0 Å². The van der Waals surface area contributed by atoms with Crippen LogP contribution in [0, 0.1) is 0 Å². The Bertz CT molecular complexity index is 1000. The first-order valence-electron chi connectivity index (χ1n) is 7.99. The predicted molar refractivity (Wildman–Crippen MR) is 102 cm³/mol. The normalized spacial score (nSPS) is 10.6. The number of nitrogen functional groups attached to an aromatic ring is 1. The molecule has 0 atom stereocenters. The van der Waals surface area contributed by atoms with Crippen molar-refractivity contribution in [3.8, 4) is 0 Å². The van der Waals surface area contributed by atoms with Gasteiger partial charge in [0.25, 0.3) is 0 Å². The van der Waals surface area contributed by atoms with E-state index in [4.69, 9.17) is 10.7 Å². The Hall–Kier alpha value is -3.53. The van der Waals surface area contributed by atoms with E-state index in [1.807, 2.05) is 73.1 Å². The van der Waals surface area contributed by atoms with Crippen LogP contribution in [-0.2, 0) is 0 Å². The molecule has 0 spiro atoms. The van der Waals surface area contributed by atoms with Crippen molar-refractivity contribution in [3.63, 3.8) is 0 Å². The van der Waals surface area contributed by atoms with Crippen LogP contribution in [0.25, 0.3) is 10.8 Å². The van der Waals surface area contributed by atoms with E-state index in [2.05, 4.69) is 9.97 Å². The van der Waals surface area contributed by atoms with E-state index < -0.39 is 0 Å². The second-order valence-corrected chi connectivity index (χ2v) is 5.66. The number of fused-ring (bicyclic) bond motifs is 1. The van der Waals surface area contributed by atoms with E-state index in [0.29, 0.717) is 0 Å². The third kappa shape index (κ3) is 2.97. The first-order valence-corrected chi connectivity index (χ1v) is 7.99. The maximum Gasteiger partial charge on any atom is 0.0812 e. The molecule has 0 radical (unpaired) electrons. The van der Waals surface area contributed by atoms with Crippen molar-refractivity contribution in [3.05, 3.63) is 96.6 Å². The van der Waals surface area contributed by atoms with Gasteiger partial charge in [-0.15, -0.1) is 0 Å². The Labute approximate surface area is 145 Å². The van der Waals surface area contributed by atoms with Gasteiger partial charge in [-0.1, -0.05) is 24.3 Å². The van der Waals surface area contributed by atoms with Crippen molar-refractivity contribution in [1.82, 2.24) is 9.97 Å². The average molecular weight is 324 g/mol. The van der Waals surface area contributed by atoms with Crippen LogP contribution in [-0.4, -0.2) is 15.7 Å². The molecule has 0 aliphatic heterocycles. The maximum atomic E-state index is 6.11. The minimum Gasteiger partial charge on any atom is -0.398 e. The molecule has 0 fully saturated rings. The van der Waals surface area contributed by atoms with E-state index in [-0.39, 0.29) is 0 Å². The Morgan fingerprint density at radius 3 is 2.00 bits per heavy atom. The third-order valence-corrected chi connectivity index (χ3v) is 4.03. The van der Waals surface area contributed by atoms with Crippen LogP contribution < -0.4 is 5.73 Å². The van der Waals surface area contributed by atoms with Crippen molar-refractivity contribution in [2.24, 2.45) is 4.99 Å². The SMILES string of the molecule is Nc1cccc2c(N=C(c3cccnc3)c3cccnc3)cccc12. The van der Waals surface area contributed by atoms with Gasteiger partial charge in [-0.2, -0.15) is 0 Å². The van der Waals surface area contributed by atoms with Gasteiger partial charge in [0.2, 0.25) is 0 Å². The lowest BCUT2D eigenvalue weighted by atomic mass is 10.0. The highest BCUT2D eigenvalue weighted by Crippen LogP contribution is 2.30. The number of aliphatic imine (C=N–C) groups is 1. The lowest BCUT2D eigenvalue weighted by molar-refractivity contribution is 1.29. The van der Waals surface area contributed by atoms with Gasteiger partial charge in [-0.05, 0) is 36.4 Å². The van der Waals surface area contributed by atoms with E-state index in [0.717, 1.165) is 39.0 Å². The van der Waals surface area contributed by atoms with Crippen molar-refractivity contribution < 1.29 is 0 Å². The number of hydrogen-bond donors (Lipinski definition) is 1. The van der Waals surface area contributed by atoms with Crippen LogP contribution in [0.3, 0.4) is 0 Å². The highest BCUT2D eigenvalue weighted by molar-refractivity contribution is 6.15. The van der Waals surface area contributed by atoms with Crippen LogP contribution in [0.15, 0.2) is 90.4 Å². The summed E-state index contributed by atoms with van der Waals surface area (Å²) in [7, 11) is 0. The summed E-state index contributed by atoms with van der Waals surface area (Å²) < 4.78 is 0. The van der Waals surface area contributed by atoms with Gasteiger partial charge in [0, 0.05) is 52.4 Å². The topological polar surface area (TPSA) is 64.2 Å². The highest BCUT2D eigenvalue weighted by Gasteiger charge is 2.09. The molecular weight excluding hydrogens is 308 g/mol.